The smallest absolute Gasteiger partial charge is 0.272 e. The Bertz CT molecular complexity index is 825. The van der Waals surface area contributed by atoms with Crippen molar-refractivity contribution in [3.05, 3.63) is 59.4 Å². The molecule has 6 nitrogen and oxygen atoms in total. The Labute approximate surface area is 166 Å². The van der Waals surface area contributed by atoms with Gasteiger partial charge in [0, 0.05) is 43.6 Å². The minimum Gasteiger partial charge on any atom is -0.335 e. The molecule has 1 N–H and O–H groups in total. The maximum absolute atomic E-state index is 12.7. The molecule has 0 spiro atoms. The van der Waals surface area contributed by atoms with E-state index in [0.717, 1.165) is 25.3 Å². The van der Waals surface area contributed by atoms with Crippen molar-refractivity contribution in [2.24, 2.45) is 0 Å². The topological polar surface area (TPSA) is 65.5 Å². The van der Waals surface area contributed by atoms with Crippen molar-refractivity contribution >= 4 is 17.5 Å². The van der Waals surface area contributed by atoms with E-state index in [-0.39, 0.29) is 11.8 Å². The van der Waals surface area contributed by atoms with Crippen LogP contribution in [0.1, 0.15) is 53.1 Å². The van der Waals surface area contributed by atoms with Gasteiger partial charge in [-0.1, -0.05) is 32.9 Å². The number of aromatic nitrogens is 1. The molecule has 2 heterocycles. The molecule has 1 aromatic heterocycles. The summed E-state index contributed by atoms with van der Waals surface area (Å²) in [7, 11) is 0. The van der Waals surface area contributed by atoms with E-state index >= 15 is 0 Å². The average Bonchev–Trinajstić information content (AvgIpc) is 2.73. The summed E-state index contributed by atoms with van der Waals surface area (Å²) in [6.45, 7) is 10.5. The molecule has 1 aliphatic rings. The first-order chi connectivity index (χ1) is 13.5. The highest BCUT2D eigenvalue weighted by Gasteiger charge is 2.23. The van der Waals surface area contributed by atoms with Crippen LogP contribution in [0.2, 0.25) is 0 Å². The minimum absolute atomic E-state index is 0.119. The molecule has 0 aliphatic carbocycles. The number of nitrogens with zero attached hydrogens (tertiary/aromatic N) is 3. The number of hydrogen-bond acceptors (Lipinski definition) is 4. The zero-order valence-corrected chi connectivity index (χ0v) is 16.8. The van der Waals surface area contributed by atoms with Gasteiger partial charge in [-0.05, 0) is 42.3 Å². The van der Waals surface area contributed by atoms with Gasteiger partial charge in [-0.25, -0.2) is 0 Å². The van der Waals surface area contributed by atoms with Crippen molar-refractivity contribution in [2.45, 2.75) is 26.7 Å². The molecule has 1 aromatic carbocycles. The summed E-state index contributed by atoms with van der Waals surface area (Å²) in [6, 6.07) is 11.0. The maximum atomic E-state index is 12.7. The van der Waals surface area contributed by atoms with Crippen molar-refractivity contribution in [3.8, 4) is 0 Å². The van der Waals surface area contributed by atoms with Gasteiger partial charge < -0.3 is 15.1 Å². The van der Waals surface area contributed by atoms with Crippen molar-refractivity contribution in [1.29, 1.82) is 0 Å². The molecule has 1 saturated heterocycles. The van der Waals surface area contributed by atoms with Crippen LogP contribution in [0.4, 0.5) is 5.69 Å². The van der Waals surface area contributed by atoms with E-state index in [1.807, 2.05) is 24.3 Å². The molecule has 0 atom stereocenters. The van der Waals surface area contributed by atoms with Gasteiger partial charge in [-0.3, -0.25) is 14.6 Å². The lowest BCUT2D eigenvalue weighted by atomic mass is 10.0. The number of anilines is 1. The van der Waals surface area contributed by atoms with Gasteiger partial charge >= 0.3 is 0 Å². The number of benzene rings is 1. The highest BCUT2D eigenvalue weighted by atomic mass is 16.2. The number of amides is 2. The van der Waals surface area contributed by atoms with Crippen LogP contribution in [-0.4, -0.2) is 59.3 Å². The quantitative estimate of drug-likeness (QED) is 0.865. The van der Waals surface area contributed by atoms with Crippen LogP contribution in [-0.2, 0) is 0 Å². The summed E-state index contributed by atoms with van der Waals surface area (Å²) in [5.41, 5.74) is 2.69. The molecule has 3 rings (SSSR count). The highest BCUT2D eigenvalue weighted by molar-refractivity contribution is 6.05. The normalized spacial score (nSPS) is 14.9. The maximum Gasteiger partial charge on any atom is 0.272 e. The third-order valence-corrected chi connectivity index (χ3v) is 5.18. The Hall–Kier alpha value is -2.73. The van der Waals surface area contributed by atoms with E-state index in [1.165, 1.54) is 11.8 Å². The minimum atomic E-state index is -0.246. The van der Waals surface area contributed by atoms with Crippen LogP contribution < -0.4 is 5.32 Å². The Balaban J connectivity index is 1.66. The van der Waals surface area contributed by atoms with E-state index in [1.54, 1.807) is 17.0 Å². The fourth-order valence-electron chi connectivity index (χ4n) is 3.27. The molecule has 1 aliphatic heterocycles. The first-order valence-electron chi connectivity index (χ1n) is 9.87. The SMILES string of the molecule is CCN1CCN(C(=O)c2cc(C(=O)Nc3ccc(C(C)C)cc3)ccn2)CC1. The summed E-state index contributed by atoms with van der Waals surface area (Å²) in [5.74, 6) is 0.0777. The molecule has 28 heavy (non-hydrogen) atoms. The van der Waals surface area contributed by atoms with Crippen LogP contribution in [0.25, 0.3) is 0 Å². The second kappa shape index (κ2) is 8.97. The van der Waals surface area contributed by atoms with Gasteiger partial charge in [-0.2, -0.15) is 0 Å². The number of rotatable bonds is 5. The molecule has 6 heteroatoms. The summed E-state index contributed by atoms with van der Waals surface area (Å²) in [4.78, 5) is 33.6. The lowest BCUT2D eigenvalue weighted by molar-refractivity contribution is 0.0637. The lowest BCUT2D eigenvalue weighted by Crippen LogP contribution is -2.48. The first kappa shape index (κ1) is 20.0. The van der Waals surface area contributed by atoms with E-state index in [2.05, 4.69) is 36.0 Å². The molecule has 0 saturated carbocycles. The average molecular weight is 380 g/mol. The predicted octanol–water partition coefficient (Wildman–Crippen LogP) is 3.24. The lowest BCUT2D eigenvalue weighted by Gasteiger charge is -2.33. The molecule has 0 unspecified atom stereocenters. The molecular formula is C22H28N4O2. The molecular weight excluding hydrogens is 352 g/mol. The number of hydrogen-bond donors (Lipinski definition) is 1. The van der Waals surface area contributed by atoms with Gasteiger partial charge in [0.1, 0.15) is 5.69 Å². The summed E-state index contributed by atoms with van der Waals surface area (Å²) >= 11 is 0. The number of piperazine rings is 1. The number of carbonyl (C=O) groups is 2. The standard InChI is InChI=1S/C22H28N4O2/c1-4-25-11-13-26(14-12-25)22(28)20-15-18(9-10-23-20)21(27)24-19-7-5-17(6-8-19)16(2)3/h5-10,15-16H,4,11-14H2,1-3H3,(H,24,27). The second-order valence-corrected chi connectivity index (χ2v) is 7.39. The highest BCUT2D eigenvalue weighted by Crippen LogP contribution is 2.18. The Morgan fingerprint density at radius 2 is 1.75 bits per heavy atom. The Morgan fingerprint density at radius 1 is 1.07 bits per heavy atom. The second-order valence-electron chi connectivity index (χ2n) is 7.39. The largest absolute Gasteiger partial charge is 0.335 e. The number of pyridine rings is 1. The van der Waals surface area contributed by atoms with Crippen LogP contribution in [0.3, 0.4) is 0 Å². The monoisotopic (exact) mass is 380 g/mol. The predicted molar refractivity (Wildman–Crippen MR) is 111 cm³/mol. The molecule has 148 valence electrons. The van der Waals surface area contributed by atoms with Crippen LogP contribution in [0, 0.1) is 0 Å². The zero-order valence-electron chi connectivity index (χ0n) is 16.8. The Kier molecular flexibility index (Phi) is 6.41. The first-order valence-corrected chi connectivity index (χ1v) is 9.87. The van der Waals surface area contributed by atoms with E-state index in [9.17, 15) is 9.59 Å². The Morgan fingerprint density at radius 3 is 2.36 bits per heavy atom. The number of carbonyl (C=O) groups excluding carboxylic acids is 2. The van der Waals surface area contributed by atoms with Crippen LogP contribution >= 0.6 is 0 Å². The fraction of sp³-hybridized carbons (Fsp3) is 0.409. The van der Waals surface area contributed by atoms with Crippen molar-refractivity contribution in [3.63, 3.8) is 0 Å². The van der Waals surface area contributed by atoms with E-state index in [0.29, 0.717) is 30.3 Å². The summed E-state index contributed by atoms with van der Waals surface area (Å²) in [5, 5.41) is 2.89. The van der Waals surface area contributed by atoms with Gasteiger partial charge in [0.05, 0.1) is 0 Å². The molecule has 0 bridgehead atoms. The number of likely N-dealkylation sites (N-methyl/N-ethyl adjacent to an activating group) is 1. The van der Waals surface area contributed by atoms with Gasteiger partial charge in [0.15, 0.2) is 0 Å². The zero-order chi connectivity index (χ0) is 20.1. The van der Waals surface area contributed by atoms with Gasteiger partial charge in [-0.15, -0.1) is 0 Å². The molecule has 0 radical (unpaired) electrons. The van der Waals surface area contributed by atoms with Crippen LogP contribution in [0.5, 0.6) is 0 Å². The van der Waals surface area contributed by atoms with Crippen molar-refractivity contribution < 1.29 is 9.59 Å². The molecule has 2 aromatic rings. The summed E-state index contributed by atoms with van der Waals surface area (Å²) in [6.07, 6.45) is 1.52. The van der Waals surface area contributed by atoms with E-state index < -0.39 is 0 Å². The van der Waals surface area contributed by atoms with Crippen molar-refractivity contribution in [1.82, 2.24) is 14.8 Å². The molecule has 1 fully saturated rings. The third-order valence-electron chi connectivity index (χ3n) is 5.18. The molecule has 2 amide bonds. The van der Waals surface area contributed by atoms with Gasteiger partial charge in [0.25, 0.3) is 11.8 Å². The van der Waals surface area contributed by atoms with Crippen LogP contribution in [0.15, 0.2) is 42.6 Å². The fourth-order valence-corrected chi connectivity index (χ4v) is 3.27. The van der Waals surface area contributed by atoms with E-state index in [4.69, 9.17) is 0 Å². The number of nitrogens with one attached hydrogen (secondary N) is 1. The van der Waals surface area contributed by atoms with Gasteiger partial charge in [0.2, 0.25) is 0 Å². The summed E-state index contributed by atoms with van der Waals surface area (Å²) < 4.78 is 0. The third kappa shape index (κ3) is 4.75. The van der Waals surface area contributed by atoms with Crippen molar-refractivity contribution in [2.75, 3.05) is 38.0 Å².